The number of hydrogen-bond acceptors (Lipinski definition) is 4. The van der Waals surface area contributed by atoms with Gasteiger partial charge in [0.1, 0.15) is 22.0 Å². The van der Waals surface area contributed by atoms with Crippen LogP contribution >= 0.6 is 11.3 Å². The zero-order valence-electron chi connectivity index (χ0n) is 15.0. The number of halogens is 1. The van der Waals surface area contributed by atoms with E-state index >= 15 is 0 Å². The van der Waals surface area contributed by atoms with Gasteiger partial charge in [0.05, 0.1) is 5.39 Å². The highest BCUT2D eigenvalue weighted by Gasteiger charge is 2.34. The zero-order valence-corrected chi connectivity index (χ0v) is 15.8. The number of carboxylic acids is 1. The minimum absolute atomic E-state index is 0.0323. The van der Waals surface area contributed by atoms with Gasteiger partial charge in [-0.25, -0.2) is 14.2 Å². The molecule has 3 rings (SSSR count). The molecule has 0 bridgehead atoms. The Balaban J connectivity index is 2.35. The van der Waals surface area contributed by atoms with Crippen molar-refractivity contribution in [2.75, 3.05) is 0 Å². The molecule has 136 valence electrons. The van der Waals surface area contributed by atoms with Crippen molar-refractivity contribution in [1.29, 1.82) is 0 Å². The molecule has 2 heterocycles. The second kappa shape index (κ2) is 6.32. The van der Waals surface area contributed by atoms with Crippen molar-refractivity contribution in [1.82, 2.24) is 9.55 Å². The summed E-state index contributed by atoms with van der Waals surface area (Å²) in [4.78, 5) is 31.1. The van der Waals surface area contributed by atoms with Crippen LogP contribution in [0, 0.1) is 19.7 Å². The summed E-state index contributed by atoms with van der Waals surface area (Å²) in [6, 6.07) is 6.21. The molecule has 0 spiro atoms. The van der Waals surface area contributed by atoms with Crippen LogP contribution in [0.5, 0.6) is 0 Å². The zero-order chi connectivity index (χ0) is 19.2. The van der Waals surface area contributed by atoms with Crippen LogP contribution in [-0.2, 0) is 16.8 Å². The van der Waals surface area contributed by atoms with E-state index in [4.69, 9.17) is 0 Å². The average molecular weight is 374 g/mol. The molecule has 0 atom stereocenters. The van der Waals surface area contributed by atoms with Gasteiger partial charge < -0.3 is 5.11 Å². The highest BCUT2D eigenvalue weighted by Crippen LogP contribution is 2.28. The fraction of sp³-hybridized carbons (Fsp3) is 0.316. The maximum Gasteiger partial charge on any atom is 0.329 e. The maximum absolute atomic E-state index is 14.1. The first kappa shape index (κ1) is 18.3. The number of aromatic nitrogens is 2. The lowest BCUT2D eigenvalue weighted by molar-refractivity contribution is -0.146. The number of hydrogen-bond donors (Lipinski definition) is 1. The third kappa shape index (κ3) is 2.82. The molecule has 0 amide bonds. The largest absolute Gasteiger partial charge is 0.480 e. The van der Waals surface area contributed by atoms with Crippen LogP contribution < -0.4 is 5.56 Å². The van der Waals surface area contributed by atoms with Crippen LogP contribution in [0.15, 0.2) is 29.1 Å². The molecule has 0 aliphatic heterocycles. The van der Waals surface area contributed by atoms with Crippen molar-refractivity contribution < 1.29 is 14.3 Å². The smallest absolute Gasteiger partial charge is 0.329 e. The molecular formula is C19H19FN2O3S. The number of nitrogens with zero attached hydrogens (tertiary/aromatic N) is 2. The molecule has 0 aliphatic carbocycles. The molecule has 0 fully saturated rings. The first-order chi connectivity index (χ1) is 12.1. The number of carboxylic acid groups (broad SMARTS) is 1. The normalized spacial score (nSPS) is 11.9. The number of carbonyl (C=O) groups is 1. The summed E-state index contributed by atoms with van der Waals surface area (Å²) >= 11 is 1.38. The van der Waals surface area contributed by atoms with E-state index in [-0.39, 0.29) is 12.2 Å². The molecule has 0 saturated heterocycles. The van der Waals surface area contributed by atoms with Crippen molar-refractivity contribution in [2.24, 2.45) is 0 Å². The van der Waals surface area contributed by atoms with Crippen LogP contribution in [0.25, 0.3) is 10.2 Å². The topological polar surface area (TPSA) is 72.2 Å². The number of aryl methyl sites for hydroxylation is 2. The molecule has 0 aliphatic rings. The Morgan fingerprint density at radius 2 is 1.96 bits per heavy atom. The number of fused-ring (bicyclic) bond motifs is 1. The molecule has 26 heavy (non-hydrogen) atoms. The Bertz CT molecular complexity index is 1080. The third-order valence-corrected chi connectivity index (χ3v) is 5.76. The quantitative estimate of drug-likeness (QED) is 0.757. The Morgan fingerprint density at radius 3 is 2.58 bits per heavy atom. The summed E-state index contributed by atoms with van der Waals surface area (Å²) in [7, 11) is 0. The fourth-order valence-corrected chi connectivity index (χ4v) is 3.98. The molecule has 7 heteroatoms. The van der Waals surface area contributed by atoms with Gasteiger partial charge in [0.15, 0.2) is 0 Å². The van der Waals surface area contributed by atoms with Gasteiger partial charge in [-0.1, -0.05) is 18.2 Å². The molecule has 3 aromatic rings. The predicted molar refractivity (Wildman–Crippen MR) is 99.5 cm³/mol. The molecule has 1 N–H and O–H groups in total. The van der Waals surface area contributed by atoms with Crippen LogP contribution in [0.2, 0.25) is 0 Å². The SMILES string of the molecule is Cc1sc2nc(Cc3ccccc3F)n(C(C)(C)C(=O)O)c(=O)c2c1C. The molecule has 0 unspecified atom stereocenters. The molecule has 5 nitrogen and oxygen atoms in total. The van der Waals surface area contributed by atoms with Gasteiger partial charge >= 0.3 is 5.97 Å². The van der Waals surface area contributed by atoms with Crippen molar-refractivity contribution in [3.8, 4) is 0 Å². The lowest BCUT2D eigenvalue weighted by Crippen LogP contribution is -2.45. The van der Waals surface area contributed by atoms with E-state index in [0.717, 1.165) is 10.4 Å². The second-order valence-corrected chi connectivity index (χ2v) is 7.97. The van der Waals surface area contributed by atoms with E-state index in [0.29, 0.717) is 15.8 Å². The Hall–Kier alpha value is -2.54. The van der Waals surface area contributed by atoms with Crippen molar-refractivity contribution in [3.05, 3.63) is 62.3 Å². The Labute approximate surface area is 153 Å². The van der Waals surface area contributed by atoms with Crippen molar-refractivity contribution >= 4 is 27.5 Å². The summed E-state index contributed by atoms with van der Waals surface area (Å²) in [6.45, 7) is 6.61. The Morgan fingerprint density at radius 1 is 1.31 bits per heavy atom. The summed E-state index contributed by atoms with van der Waals surface area (Å²) in [5.41, 5.74) is -0.759. The minimum atomic E-state index is -1.51. The van der Waals surface area contributed by atoms with Gasteiger partial charge in [0, 0.05) is 11.3 Å². The van der Waals surface area contributed by atoms with Crippen LogP contribution in [0.1, 0.15) is 35.7 Å². The van der Waals surface area contributed by atoms with E-state index in [1.165, 1.54) is 35.8 Å². The van der Waals surface area contributed by atoms with Crippen molar-refractivity contribution in [2.45, 2.75) is 39.7 Å². The van der Waals surface area contributed by atoms with Gasteiger partial charge in [0.2, 0.25) is 0 Å². The molecular weight excluding hydrogens is 355 g/mol. The van der Waals surface area contributed by atoms with Crippen molar-refractivity contribution in [3.63, 3.8) is 0 Å². The monoisotopic (exact) mass is 374 g/mol. The predicted octanol–water partition coefficient (Wildman–Crippen LogP) is 3.62. The summed E-state index contributed by atoms with van der Waals surface area (Å²) in [5, 5.41) is 10.1. The average Bonchev–Trinajstić information content (AvgIpc) is 2.84. The van der Waals surface area contributed by atoms with Gasteiger partial charge in [-0.05, 0) is 44.9 Å². The standard InChI is InChI=1S/C19H19FN2O3S/c1-10-11(2)26-16-15(10)17(23)22(19(3,4)18(24)25)14(21-16)9-12-7-5-6-8-13(12)20/h5-8H,9H2,1-4H3,(H,24,25). The highest BCUT2D eigenvalue weighted by molar-refractivity contribution is 7.18. The van der Waals surface area contributed by atoms with E-state index in [9.17, 15) is 19.1 Å². The maximum atomic E-state index is 14.1. The summed E-state index contributed by atoms with van der Waals surface area (Å²) < 4.78 is 15.3. The van der Waals surface area contributed by atoms with Gasteiger partial charge in [0.25, 0.3) is 5.56 Å². The van der Waals surface area contributed by atoms with E-state index < -0.39 is 22.9 Å². The minimum Gasteiger partial charge on any atom is -0.480 e. The van der Waals surface area contributed by atoms with Gasteiger partial charge in [-0.2, -0.15) is 0 Å². The molecule has 1 aromatic carbocycles. The first-order valence-corrected chi connectivity index (χ1v) is 8.95. The number of benzene rings is 1. The Kier molecular flexibility index (Phi) is 4.44. The number of aliphatic carboxylic acids is 1. The van der Waals surface area contributed by atoms with E-state index in [1.54, 1.807) is 18.2 Å². The lowest BCUT2D eigenvalue weighted by atomic mass is 10.0. The summed E-state index contributed by atoms with van der Waals surface area (Å²) in [5.74, 6) is -1.33. The molecule has 2 aromatic heterocycles. The molecule has 0 radical (unpaired) electrons. The third-order valence-electron chi connectivity index (χ3n) is 4.66. The van der Waals surface area contributed by atoms with E-state index in [1.807, 2.05) is 13.8 Å². The fourth-order valence-electron chi connectivity index (χ4n) is 2.94. The van der Waals surface area contributed by atoms with Gasteiger partial charge in [-0.3, -0.25) is 9.36 Å². The highest BCUT2D eigenvalue weighted by atomic mass is 32.1. The lowest BCUT2D eigenvalue weighted by Gasteiger charge is -2.25. The van der Waals surface area contributed by atoms with Crippen LogP contribution in [0.4, 0.5) is 4.39 Å². The van der Waals surface area contributed by atoms with Crippen LogP contribution in [-0.4, -0.2) is 20.6 Å². The molecule has 0 saturated carbocycles. The number of rotatable bonds is 4. The summed E-state index contributed by atoms with van der Waals surface area (Å²) in [6.07, 6.45) is 0.0323. The second-order valence-electron chi connectivity index (χ2n) is 6.76. The van der Waals surface area contributed by atoms with Gasteiger partial charge in [-0.15, -0.1) is 11.3 Å². The number of thiophene rings is 1. The van der Waals surface area contributed by atoms with E-state index in [2.05, 4.69) is 4.98 Å². The first-order valence-electron chi connectivity index (χ1n) is 8.13. The van der Waals surface area contributed by atoms with Crippen LogP contribution in [0.3, 0.4) is 0 Å².